The maximum absolute atomic E-state index is 14.3. The van der Waals surface area contributed by atoms with E-state index >= 15 is 0 Å². The number of hydrogen-bond acceptors (Lipinski definition) is 2. The minimum absolute atomic E-state index is 0.270. The number of halogens is 3. The van der Waals surface area contributed by atoms with Gasteiger partial charge >= 0.3 is 0 Å². The lowest BCUT2D eigenvalue weighted by molar-refractivity contribution is 0.351. The largest absolute Gasteiger partial charge is 0.493 e. The Morgan fingerprint density at radius 3 is 2.19 bits per heavy atom. The van der Waals surface area contributed by atoms with Crippen molar-refractivity contribution in [2.75, 3.05) is 14.2 Å². The normalized spacial score (nSPS) is 12.1. The van der Waals surface area contributed by atoms with Gasteiger partial charge in [0.25, 0.3) is 0 Å². The average Bonchev–Trinajstić information content (AvgIpc) is 2.45. The summed E-state index contributed by atoms with van der Waals surface area (Å²) in [5, 5.41) is 0. The van der Waals surface area contributed by atoms with E-state index in [4.69, 9.17) is 9.47 Å². The second-order valence-electron chi connectivity index (χ2n) is 4.65. The minimum atomic E-state index is -0.341. The second-order valence-corrected chi connectivity index (χ2v) is 6.48. The van der Waals surface area contributed by atoms with Crippen LogP contribution in [0.15, 0.2) is 34.8 Å². The lowest BCUT2D eigenvalue weighted by atomic mass is 10.0. The first-order valence-corrected chi connectivity index (χ1v) is 7.99. The van der Waals surface area contributed by atoms with Crippen LogP contribution in [0.4, 0.5) is 4.39 Å². The van der Waals surface area contributed by atoms with E-state index in [9.17, 15) is 4.39 Å². The maximum atomic E-state index is 14.3. The number of ether oxygens (including phenoxy) is 2. The fourth-order valence-electron chi connectivity index (χ4n) is 2.15. The van der Waals surface area contributed by atoms with Crippen LogP contribution in [0.2, 0.25) is 0 Å². The van der Waals surface area contributed by atoms with Gasteiger partial charge in [-0.1, -0.05) is 37.9 Å². The third kappa shape index (κ3) is 3.58. The fourth-order valence-corrected chi connectivity index (χ4v) is 3.40. The Bertz CT molecular complexity index is 639. The molecule has 0 aliphatic heterocycles. The molecule has 0 aliphatic carbocycles. The number of methoxy groups -OCH3 is 2. The van der Waals surface area contributed by atoms with Crippen LogP contribution in [-0.4, -0.2) is 14.2 Å². The van der Waals surface area contributed by atoms with E-state index in [-0.39, 0.29) is 10.6 Å². The quantitative estimate of drug-likeness (QED) is 0.620. The van der Waals surface area contributed by atoms with Gasteiger partial charge in [0, 0.05) is 16.1 Å². The first-order valence-electron chi connectivity index (χ1n) is 6.29. The van der Waals surface area contributed by atoms with E-state index in [1.807, 2.05) is 25.1 Å². The Balaban J connectivity index is 2.49. The number of hydrogen-bond donors (Lipinski definition) is 0. The number of benzene rings is 2. The predicted molar refractivity (Wildman–Crippen MR) is 89.2 cm³/mol. The highest BCUT2D eigenvalue weighted by atomic mass is 79.9. The van der Waals surface area contributed by atoms with Gasteiger partial charge in [-0.05, 0) is 36.2 Å². The molecule has 2 aromatic rings. The van der Waals surface area contributed by atoms with E-state index in [1.165, 1.54) is 20.3 Å². The second kappa shape index (κ2) is 6.79. The van der Waals surface area contributed by atoms with Crippen LogP contribution < -0.4 is 9.47 Å². The molecule has 112 valence electrons. The molecule has 0 amide bonds. The molecule has 0 aliphatic rings. The average molecular weight is 418 g/mol. The van der Waals surface area contributed by atoms with Gasteiger partial charge in [0.2, 0.25) is 0 Å². The third-order valence-electron chi connectivity index (χ3n) is 3.13. The highest BCUT2D eigenvalue weighted by Crippen LogP contribution is 2.39. The van der Waals surface area contributed by atoms with Crippen LogP contribution >= 0.6 is 31.9 Å². The Labute approximate surface area is 140 Å². The summed E-state index contributed by atoms with van der Waals surface area (Å²) in [6, 6.07) is 8.98. The molecular formula is C16H15Br2FO2. The zero-order chi connectivity index (χ0) is 15.6. The summed E-state index contributed by atoms with van der Waals surface area (Å²) >= 11 is 7.03. The standard InChI is InChI=1S/C16H15Br2FO2/c1-9-4-10(6-11(17)5-9)16(18)12-7-14(20-2)15(21-3)8-13(12)19/h4-8,16H,1-3H3. The summed E-state index contributed by atoms with van der Waals surface area (Å²) in [5.41, 5.74) is 2.57. The van der Waals surface area contributed by atoms with Gasteiger partial charge in [0.15, 0.2) is 11.5 Å². The van der Waals surface area contributed by atoms with Crippen LogP contribution in [-0.2, 0) is 0 Å². The van der Waals surface area contributed by atoms with Crippen molar-refractivity contribution in [3.05, 3.63) is 57.3 Å². The lowest BCUT2D eigenvalue weighted by Gasteiger charge is -2.16. The van der Waals surface area contributed by atoms with Crippen LogP contribution in [0.1, 0.15) is 21.5 Å². The third-order valence-corrected chi connectivity index (χ3v) is 4.61. The smallest absolute Gasteiger partial charge is 0.163 e. The molecule has 2 rings (SSSR count). The van der Waals surface area contributed by atoms with Gasteiger partial charge in [0.1, 0.15) is 5.82 Å². The van der Waals surface area contributed by atoms with E-state index < -0.39 is 0 Å². The Morgan fingerprint density at radius 2 is 1.62 bits per heavy atom. The molecule has 0 spiro atoms. The Kier molecular flexibility index (Phi) is 5.27. The minimum Gasteiger partial charge on any atom is -0.493 e. The molecule has 0 saturated heterocycles. The summed E-state index contributed by atoms with van der Waals surface area (Å²) in [4.78, 5) is -0.270. The Hall–Kier alpha value is -1.07. The molecule has 2 nitrogen and oxygen atoms in total. The van der Waals surface area contributed by atoms with E-state index in [0.717, 1.165) is 15.6 Å². The van der Waals surface area contributed by atoms with Gasteiger partial charge in [-0.3, -0.25) is 0 Å². The Morgan fingerprint density at radius 1 is 1.00 bits per heavy atom. The number of aryl methyl sites for hydroxylation is 1. The lowest BCUT2D eigenvalue weighted by Crippen LogP contribution is -2.00. The molecule has 0 aromatic heterocycles. The monoisotopic (exact) mass is 416 g/mol. The molecule has 5 heteroatoms. The zero-order valence-electron chi connectivity index (χ0n) is 11.9. The van der Waals surface area contributed by atoms with Gasteiger partial charge in [-0.15, -0.1) is 0 Å². The highest BCUT2D eigenvalue weighted by Gasteiger charge is 2.19. The topological polar surface area (TPSA) is 18.5 Å². The molecule has 2 aromatic carbocycles. The van der Waals surface area contributed by atoms with Gasteiger partial charge in [0.05, 0.1) is 19.0 Å². The van der Waals surface area contributed by atoms with Crippen LogP contribution in [0.25, 0.3) is 0 Å². The van der Waals surface area contributed by atoms with E-state index in [2.05, 4.69) is 31.9 Å². The van der Waals surface area contributed by atoms with Crippen LogP contribution in [0.5, 0.6) is 11.5 Å². The van der Waals surface area contributed by atoms with Crippen molar-refractivity contribution < 1.29 is 13.9 Å². The molecule has 1 unspecified atom stereocenters. The molecule has 0 saturated carbocycles. The van der Waals surface area contributed by atoms with Crippen LogP contribution in [0, 0.1) is 12.7 Å². The van der Waals surface area contributed by atoms with Crippen molar-refractivity contribution in [3.8, 4) is 11.5 Å². The molecular weight excluding hydrogens is 403 g/mol. The van der Waals surface area contributed by atoms with E-state index in [1.54, 1.807) is 6.07 Å². The zero-order valence-corrected chi connectivity index (χ0v) is 15.1. The van der Waals surface area contributed by atoms with Crippen molar-refractivity contribution in [2.45, 2.75) is 11.8 Å². The molecule has 0 fully saturated rings. The van der Waals surface area contributed by atoms with Gasteiger partial charge < -0.3 is 9.47 Å². The molecule has 0 N–H and O–H groups in total. The first-order chi connectivity index (χ1) is 9.96. The van der Waals surface area contributed by atoms with Crippen LogP contribution in [0.3, 0.4) is 0 Å². The van der Waals surface area contributed by atoms with Crippen molar-refractivity contribution in [2.24, 2.45) is 0 Å². The maximum Gasteiger partial charge on any atom is 0.163 e. The summed E-state index contributed by atoms with van der Waals surface area (Å²) in [7, 11) is 3.02. The fraction of sp³-hybridized carbons (Fsp3) is 0.250. The molecule has 0 heterocycles. The highest BCUT2D eigenvalue weighted by molar-refractivity contribution is 9.10. The molecule has 1 atom stereocenters. The number of rotatable bonds is 4. The first kappa shape index (κ1) is 16.3. The van der Waals surface area contributed by atoms with Crippen molar-refractivity contribution in [1.82, 2.24) is 0 Å². The van der Waals surface area contributed by atoms with Gasteiger partial charge in [-0.2, -0.15) is 0 Å². The van der Waals surface area contributed by atoms with Crippen molar-refractivity contribution in [3.63, 3.8) is 0 Å². The predicted octanol–water partition coefficient (Wildman–Crippen LogP) is 5.40. The van der Waals surface area contributed by atoms with Crippen molar-refractivity contribution in [1.29, 1.82) is 0 Å². The van der Waals surface area contributed by atoms with E-state index in [0.29, 0.717) is 17.1 Å². The number of alkyl halides is 1. The summed E-state index contributed by atoms with van der Waals surface area (Å²) in [6.07, 6.45) is 0. The summed E-state index contributed by atoms with van der Waals surface area (Å²) in [6.45, 7) is 2.00. The van der Waals surface area contributed by atoms with Gasteiger partial charge in [-0.25, -0.2) is 4.39 Å². The molecule has 0 bridgehead atoms. The van der Waals surface area contributed by atoms with Crippen molar-refractivity contribution >= 4 is 31.9 Å². The summed E-state index contributed by atoms with van der Waals surface area (Å²) in [5.74, 6) is 0.543. The SMILES string of the molecule is COc1cc(F)c(C(Br)c2cc(C)cc(Br)c2)cc1OC. The molecule has 0 radical (unpaired) electrons. The summed E-state index contributed by atoms with van der Waals surface area (Å²) < 4.78 is 25.6. The molecule has 21 heavy (non-hydrogen) atoms.